The fourth-order valence-corrected chi connectivity index (χ4v) is 7.64. The Morgan fingerprint density at radius 3 is 1.71 bits per heavy atom. The summed E-state index contributed by atoms with van der Waals surface area (Å²) in [4.78, 5) is 30.3. The second-order valence-corrected chi connectivity index (χ2v) is 12.9. The molecule has 0 fully saturated rings. The Morgan fingerprint density at radius 2 is 1.19 bits per heavy atom. The Kier molecular flexibility index (Phi) is 11.9. The summed E-state index contributed by atoms with van der Waals surface area (Å²) in [6.45, 7) is 12.3. The number of benzene rings is 2. The number of ketones is 2. The number of nitriles is 1. The number of unbranched alkanes of at least 4 members (excludes halogenated alkanes) is 10. The van der Waals surface area contributed by atoms with Crippen LogP contribution in [0, 0.1) is 17.9 Å². The van der Waals surface area contributed by atoms with Crippen LogP contribution in [-0.2, 0) is 9.59 Å². The molecule has 4 rings (SSSR count). The van der Waals surface area contributed by atoms with E-state index in [2.05, 4.69) is 24.8 Å². The van der Waals surface area contributed by atoms with Crippen molar-refractivity contribution in [1.29, 1.82) is 5.26 Å². The van der Waals surface area contributed by atoms with Gasteiger partial charge in [0.2, 0.25) is 5.70 Å². The molecule has 4 aromatic rings. The molecule has 0 amide bonds. The van der Waals surface area contributed by atoms with Gasteiger partial charge in [-0.15, -0.1) is 22.7 Å². The van der Waals surface area contributed by atoms with Crippen LogP contribution in [0.15, 0.2) is 35.0 Å². The Hall–Kier alpha value is -3.32. The van der Waals surface area contributed by atoms with Crippen molar-refractivity contribution in [3.63, 3.8) is 0 Å². The van der Waals surface area contributed by atoms with E-state index in [0.29, 0.717) is 23.3 Å². The average Bonchev–Trinajstić information content (AvgIpc) is 3.69. The van der Waals surface area contributed by atoms with Gasteiger partial charge < -0.3 is 4.79 Å². The second-order valence-electron chi connectivity index (χ2n) is 11.1. The first-order chi connectivity index (χ1) is 20.5. The predicted octanol–water partition coefficient (Wildman–Crippen LogP) is 9.61. The number of hydrogen-bond donors (Lipinski definition) is 0. The lowest BCUT2D eigenvalue weighted by atomic mass is 9.97. The van der Waals surface area contributed by atoms with E-state index in [1.54, 1.807) is 22.7 Å². The fraction of sp³-hybridized carbons (Fsp3) is 0.444. The maximum absolute atomic E-state index is 13.3. The molecule has 2 heterocycles. The van der Waals surface area contributed by atoms with E-state index in [-0.39, 0.29) is 22.8 Å². The summed E-state index contributed by atoms with van der Waals surface area (Å²) in [7, 11) is 0. The number of thiophene rings is 2. The molecule has 2 aromatic carbocycles. The molecular weight excluding hydrogens is 557 g/mol. The zero-order valence-electron chi connectivity index (χ0n) is 24.9. The molecule has 4 nitrogen and oxygen atoms in total. The maximum atomic E-state index is 13.3. The zero-order valence-corrected chi connectivity index (χ0v) is 26.5. The first-order valence-electron chi connectivity index (χ1n) is 15.5. The van der Waals surface area contributed by atoms with Crippen molar-refractivity contribution < 1.29 is 9.59 Å². The molecule has 0 bridgehead atoms. The highest BCUT2D eigenvalue weighted by Crippen LogP contribution is 2.34. The molecule has 0 spiro atoms. The van der Waals surface area contributed by atoms with E-state index in [0.717, 1.165) is 69.5 Å². The molecule has 0 aliphatic heterocycles. The van der Waals surface area contributed by atoms with Crippen LogP contribution in [0.25, 0.3) is 47.1 Å². The van der Waals surface area contributed by atoms with Crippen LogP contribution < -0.4 is 10.4 Å². The highest BCUT2D eigenvalue weighted by molar-refractivity contribution is 7.19. The van der Waals surface area contributed by atoms with Crippen LogP contribution in [0.1, 0.15) is 104 Å². The van der Waals surface area contributed by atoms with Gasteiger partial charge in [-0.05, 0) is 52.4 Å². The third-order valence-corrected chi connectivity index (χ3v) is 9.97. The van der Waals surface area contributed by atoms with E-state index < -0.39 is 0 Å². The van der Waals surface area contributed by atoms with Crippen LogP contribution in [-0.4, -0.2) is 11.6 Å². The van der Waals surface area contributed by atoms with E-state index in [1.807, 2.05) is 35.0 Å². The SMILES string of the molecule is [C-]#[N+]/C(C(=O)CCCCCCCC)=c1/cc2c(c/c(=C(/C#N)C(=O)CCCCCCCC)c3ccsc32)c2sccc12. The number of carbonyl (C=O) groups excluding carboxylic acids is 2. The highest BCUT2D eigenvalue weighted by atomic mass is 32.1. The Balaban J connectivity index is 1.77. The van der Waals surface area contributed by atoms with Crippen molar-refractivity contribution >= 4 is 76.5 Å². The Labute approximate surface area is 257 Å². The van der Waals surface area contributed by atoms with E-state index in [4.69, 9.17) is 6.57 Å². The molecule has 0 N–H and O–H groups in total. The molecule has 2 aromatic heterocycles. The van der Waals surface area contributed by atoms with Gasteiger partial charge in [-0.25, -0.2) is 4.85 Å². The van der Waals surface area contributed by atoms with Gasteiger partial charge >= 0.3 is 0 Å². The molecule has 0 aliphatic carbocycles. The van der Waals surface area contributed by atoms with Gasteiger partial charge in [0.1, 0.15) is 11.6 Å². The molecule has 0 radical (unpaired) electrons. The zero-order chi connectivity index (χ0) is 29.9. The molecule has 0 saturated carbocycles. The quantitative estimate of drug-likeness (QED) is 0.0955. The van der Waals surface area contributed by atoms with Crippen molar-refractivity contribution in [1.82, 2.24) is 0 Å². The molecule has 0 saturated heterocycles. The minimum Gasteiger partial charge on any atom is -0.308 e. The van der Waals surface area contributed by atoms with Crippen molar-refractivity contribution in [2.75, 3.05) is 0 Å². The topological polar surface area (TPSA) is 62.3 Å². The van der Waals surface area contributed by atoms with Gasteiger partial charge in [0.05, 0.1) is 6.57 Å². The smallest absolute Gasteiger partial charge is 0.236 e. The summed E-state index contributed by atoms with van der Waals surface area (Å²) >= 11 is 3.14. The summed E-state index contributed by atoms with van der Waals surface area (Å²) in [5.41, 5.74) is 0.436. The fourth-order valence-electron chi connectivity index (χ4n) is 5.76. The maximum Gasteiger partial charge on any atom is 0.236 e. The average molecular weight is 597 g/mol. The number of Topliss-reactive ketones (excluding diaryl/α,β-unsaturated/α-hetero) is 2. The number of nitrogens with zero attached hydrogens (tertiary/aromatic N) is 2. The summed E-state index contributed by atoms with van der Waals surface area (Å²) < 4.78 is 1.96. The van der Waals surface area contributed by atoms with Crippen molar-refractivity contribution in [2.24, 2.45) is 0 Å². The van der Waals surface area contributed by atoms with Gasteiger partial charge in [0.15, 0.2) is 11.6 Å². The lowest BCUT2D eigenvalue weighted by Crippen LogP contribution is -2.15. The molecule has 0 atom stereocenters. The lowest BCUT2D eigenvalue weighted by Gasteiger charge is -2.08. The Bertz CT molecular complexity index is 1650. The molecule has 6 heteroatoms. The van der Waals surface area contributed by atoms with Crippen LogP contribution in [0.5, 0.6) is 0 Å². The first kappa shape index (κ1) is 31.6. The summed E-state index contributed by atoms with van der Waals surface area (Å²) in [6, 6.07) is 10.2. The van der Waals surface area contributed by atoms with Gasteiger partial charge in [0, 0.05) is 43.6 Å². The molecule has 0 aliphatic rings. The minimum absolute atomic E-state index is 0.0909. The highest BCUT2D eigenvalue weighted by Gasteiger charge is 2.18. The van der Waals surface area contributed by atoms with Crippen molar-refractivity contribution in [2.45, 2.75) is 104 Å². The summed E-state index contributed by atoms with van der Waals surface area (Å²) in [5, 5.41) is 19.2. The molecule has 0 unspecified atom stereocenters. The summed E-state index contributed by atoms with van der Waals surface area (Å²) in [6.07, 6.45) is 13.9. The van der Waals surface area contributed by atoms with Crippen LogP contribution in [0.4, 0.5) is 0 Å². The molecule has 42 heavy (non-hydrogen) atoms. The van der Waals surface area contributed by atoms with Gasteiger partial charge in [-0.3, -0.25) is 4.79 Å². The van der Waals surface area contributed by atoms with E-state index in [1.165, 1.54) is 38.5 Å². The minimum atomic E-state index is -0.0946. The third kappa shape index (κ3) is 7.17. The van der Waals surface area contributed by atoms with E-state index >= 15 is 0 Å². The largest absolute Gasteiger partial charge is 0.308 e. The van der Waals surface area contributed by atoms with Crippen LogP contribution in [0.2, 0.25) is 0 Å². The van der Waals surface area contributed by atoms with Crippen LogP contribution in [0.3, 0.4) is 0 Å². The van der Waals surface area contributed by atoms with Gasteiger partial charge in [0.25, 0.3) is 0 Å². The summed E-state index contributed by atoms with van der Waals surface area (Å²) in [5.74, 6) is -0.186. The standard InChI is InChI=1S/C36H40N2O2S2/c1-4-6-8-10-12-14-16-32(39)31(24-37)27-22-29-30(35-25(27)18-20-41-35)23-28(26-19-21-42-36(26)29)34(38-3)33(40)17-15-13-11-9-7-5-2/h18-23H,4-17H2,1-2H3/b31-27+,34-28-. The number of fused-ring (bicyclic) bond motifs is 5. The van der Waals surface area contributed by atoms with Gasteiger partial charge in [-0.1, -0.05) is 84.1 Å². The normalized spacial score (nSPS) is 12.9. The van der Waals surface area contributed by atoms with Crippen LogP contribution >= 0.6 is 22.7 Å². The number of hydrogen-bond acceptors (Lipinski definition) is 5. The number of rotatable bonds is 16. The lowest BCUT2D eigenvalue weighted by molar-refractivity contribution is -0.114. The Morgan fingerprint density at radius 1 is 0.714 bits per heavy atom. The predicted molar refractivity (Wildman–Crippen MR) is 179 cm³/mol. The van der Waals surface area contributed by atoms with E-state index in [9.17, 15) is 14.9 Å². The molecule has 218 valence electrons. The first-order valence-corrected chi connectivity index (χ1v) is 17.2. The number of carbonyl (C=O) groups is 2. The third-order valence-electron chi connectivity index (χ3n) is 8.07. The molecular formula is C36H40N2O2S2. The second kappa shape index (κ2) is 15.8. The monoisotopic (exact) mass is 596 g/mol. The van der Waals surface area contributed by atoms with Crippen molar-refractivity contribution in [3.8, 4) is 6.07 Å². The van der Waals surface area contributed by atoms with Crippen molar-refractivity contribution in [3.05, 3.63) is 56.9 Å². The van der Waals surface area contributed by atoms with Gasteiger partial charge in [-0.2, -0.15) is 5.26 Å².